The molecule has 1 saturated carbocycles. The minimum atomic E-state index is 0.0385. The topological polar surface area (TPSA) is 51.0 Å². The van der Waals surface area contributed by atoms with Crippen LogP contribution in [0.5, 0.6) is 0 Å². The Morgan fingerprint density at radius 3 is 2.89 bits per heavy atom. The average Bonchev–Trinajstić information content (AvgIpc) is 3.08. The molecule has 98 valence electrons. The SMILES string of the molecule is CN(CC1CC1)C(=O)c1ccc(-n2ccnc2)nc1. The molecule has 0 aliphatic heterocycles. The lowest BCUT2D eigenvalue weighted by Gasteiger charge is -2.16. The molecule has 0 bridgehead atoms. The number of nitrogens with zero attached hydrogens (tertiary/aromatic N) is 4. The van der Waals surface area contributed by atoms with Gasteiger partial charge in [-0.2, -0.15) is 0 Å². The van der Waals surface area contributed by atoms with Gasteiger partial charge in [0.1, 0.15) is 12.1 Å². The van der Waals surface area contributed by atoms with Gasteiger partial charge in [0.15, 0.2) is 0 Å². The lowest BCUT2D eigenvalue weighted by molar-refractivity contribution is 0.0788. The molecular formula is C14H16N4O. The van der Waals surface area contributed by atoms with E-state index in [9.17, 15) is 4.79 Å². The number of carbonyl (C=O) groups excluding carboxylic acids is 1. The van der Waals surface area contributed by atoms with E-state index in [1.165, 1.54) is 12.8 Å². The highest BCUT2D eigenvalue weighted by molar-refractivity contribution is 5.93. The van der Waals surface area contributed by atoms with Crippen LogP contribution in [0, 0.1) is 5.92 Å². The molecule has 19 heavy (non-hydrogen) atoms. The van der Waals surface area contributed by atoms with Gasteiger partial charge in [0.25, 0.3) is 5.91 Å². The summed E-state index contributed by atoms with van der Waals surface area (Å²) in [4.78, 5) is 22.2. The van der Waals surface area contributed by atoms with Crippen molar-refractivity contribution in [3.63, 3.8) is 0 Å². The normalized spacial score (nSPS) is 14.4. The molecule has 0 unspecified atom stereocenters. The molecule has 2 aromatic heterocycles. The predicted molar refractivity (Wildman–Crippen MR) is 71.0 cm³/mol. The zero-order valence-electron chi connectivity index (χ0n) is 10.9. The van der Waals surface area contributed by atoms with Gasteiger partial charge >= 0.3 is 0 Å². The van der Waals surface area contributed by atoms with Crippen LogP contribution in [0.25, 0.3) is 5.82 Å². The minimum Gasteiger partial charge on any atom is -0.341 e. The van der Waals surface area contributed by atoms with Crippen LogP contribution in [0.3, 0.4) is 0 Å². The smallest absolute Gasteiger partial charge is 0.255 e. The molecule has 0 atom stereocenters. The van der Waals surface area contributed by atoms with Crippen LogP contribution >= 0.6 is 0 Å². The van der Waals surface area contributed by atoms with Gasteiger partial charge in [-0.3, -0.25) is 9.36 Å². The highest BCUT2D eigenvalue weighted by Crippen LogP contribution is 2.29. The van der Waals surface area contributed by atoms with Crippen molar-refractivity contribution in [3.8, 4) is 5.82 Å². The molecule has 5 nitrogen and oxygen atoms in total. The molecule has 0 saturated heterocycles. The second kappa shape index (κ2) is 4.84. The van der Waals surface area contributed by atoms with E-state index in [0.29, 0.717) is 11.5 Å². The number of carbonyl (C=O) groups is 1. The maximum Gasteiger partial charge on any atom is 0.255 e. The summed E-state index contributed by atoms with van der Waals surface area (Å²) in [7, 11) is 1.85. The van der Waals surface area contributed by atoms with Gasteiger partial charge in [0.05, 0.1) is 5.56 Å². The van der Waals surface area contributed by atoms with E-state index in [1.807, 2.05) is 29.9 Å². The van der Waals surface area contributed by atoms with Gasteiger partial charge in [0, 0.05) is 32.2 Å². The summed E-state index contributed by atoms with van der Waals surface area (Å²) in [5, 5.41) is 0. The molecule has 0 N–H and O–H groups in total. The van der Waals surface area contributed by atoms with Crippen molar-refractivity contribution in [2.75, 3.05) is 13.6 Å². The third-order valence-corrected chi connectivity index (χ3v) is 3.34. The molecule has 0 radical (unpaired) electrons. The number of amides is 1. The fourth-order valence-corrected chi connectivity index (χ4v) is 2.05. The Labute approximate surface area is 111 Å². The molecule has 0 spiro atoms. The maximum atomic E-state index is 12.2. The number of hydrogen-bond acceptors (Lipinski definition) is 3. The van der Waals surface area contributed by atoms with E-state index < -0.39 is 0 Å². The highest BCUT2D eigenvalue weighted by Gasteiger charge is 2.25. The average molecular weight is 256 g/mol. The quantitative estimate of drug-likeness (QED) is 0.837. The van der Waals surface area contributed by atoms with Crippen molar-refractivity contribution in [1.82, 2.24) is 19.4 Å². The zero-order valence-corrected chi connectivity index (χ0v) is 10.9. The molecule has 2 heterocycles. The molecule has 1 fully saturated rings. The predicted octanol–water partition coefficient (Wildman–Crippen LogP) is 1.75. The number of aromatic nitrogens is 3. The van der Waals surface area contributed by atoms with E-state index in [1.54, 1.807) is 23.6 Å². The third kappa shape index (κ3) is 2.65. The molecule has 1 aliphatic rings. The van der Waals surface area contributed by atoms with Gasteiger partial charge in [-0.15, -0.1) is 0 Å². The van der Waals surface area contributed by atoms with Crippen molar-refractivity contribution in [1.29, 1.82) is 0 Å². The summed E-state index contributed by atoms with van der Waals surface area (Å²) in [5.41, 5.74) is 0.631. The number of rotatable bonds is 4. The van der Waals surface area contributed by atoms with Crippen LogP contribution in [0.4, 0.5) is 0 Å². The maximum absolute atomic E-state index is 12.2. The number of hydrogen-bond donors (Lipinski definition) is 0. The van der Waals surface area contributed by atoms with Crippen LogP contribution in [0.15, 0.2) is 37.1 Å². The Kier molecular flexibility index (Phi) is 3.03. The number of imidazole rings is 1. The van der Waals surface area contributed by atoms with Crippen molar-refractivity contribution in [2.24, 2.45) is 5.92 Å². The highest BCUT2D eigenvalue weighted by atomic mass is 16.2. The number of pyridine rings is 1. The summed E-state index contributed by atoms with van der Waals surface area (Å²) in [5.74, 6) is 1.50. The molecule has 5 heteroatoms. The summed E-state index contributed by atoms with van der Waals surface area (Å²) >= 11 is 0. The Balaban J connectivity index is 1.72. The molecule has 1 amide bonds. The van der Waals surface area contributed by atoms with Crippen LogP contribution < -0.4 is 0 Å². The minimum absolute atomic E-state index is 0.0385. The van der Waals surface area contributed by atoms with E-state index in [4.69, 9.17) is 0 Å². The largest absolute Gasteiger partial charge is 0.341 e. The lowest BCUT2D eigenvalue weighted by Crippen LogP contribution is -2.28. The Hall–Kier alpha value is -2.17. The second-order valence-electron chi connectivity index (χ2n) is 5.00. The molecule has 2 aromatic rings. The first kappa shape index (κ1) is 11.9. The van der Waals surface area contributed by atoms with E-state index in [2.05, 4.69) is 9.97 Å². The molecule has 1 aliphatic carbocycles. The standard InChI is InChI=1S/C14H16N4O/c1-17(9-11-2-3-11)14(19)12-4-5-13(16-8-12)18-7-6-15-10-18/h4-8,10-11H,2-3,9H2,1H3. The summed E-state index contributed by atoms with van der Waals surface area (Å²) < 4.78 is 1.81. The van der Waals surface area contributed by atoms with Crippen molar-refractivity contribution >= 4 is 5.91 Å². The first-order chi connectivity index (χ1) is 9.24. The monoisotopic (exact) mass is 256 g/mol. The molecule has 3 rings (SSSR count). The van der Waals surface area contributed by atoms with Crippen LogP contribution in [0.2, 0.25) is 0 Å². The first-order valence-electron chi connectivity index (χ1n) is 6.44. The summed E-state index contributed by atoms with van der Waals surface area (Å²) in [6.45, 7) is 0.849. The Morgan fingerprint density at radius 2 is 2.32 bits per heavy atom. The van der Waals surface area contributed by atoms with Crippen LogP contribution in [0.1, 0.15) is 23.2 Å². The van der Waals surface area contributed by atoms with Gasteiger partial charge < -0.3 is 4.90 Å². The molecular weight excluding hydrogens is 240 g/mol. The third-order valence-electron chi connectivity index (χ3n) is 3.34. The Bertz CT molecular complexity index is 558. The van der Waals surface area contributed by atoms with Gasteiger partial charge in [0.2, 0.25) is 0 Å². The van der Waals surface area contributed by atoms with Gasteiger partial charge in [-0.25, -0.2) is 9.97 Å². The summed E-state index contributed by atoms with van der Waals surface area (Å²) in [6, 6.07) is 3.65. The van der Waals surface area contributed by atoms with Gasteiger partial charge in [-0.1, -0.05) is 0 Å². The second-order valence-corrected chi connectivity index (χ2v) is 5.00. The Morgan fingerprint density at radius 1 is 1.47 bits per heavy atom. The van der Waals surface area contributed by atoms with E-state index >= 15 is 0 Å². The van der Waals surface area contributed by atoms with Crippen molar-refractivity contribution in [2.45, 2.75) is 12.8 Å². The lowest BCUT2D eigenvalue weighted by atomic mass is 10.2. The fourth-order valence-electron chi connectivity index (χ4n) is 2.05. The van der Waals surface area contributed by atoms with Crippen LogP contribution in [-0.4, -0.2) is 38.9 Å². The van der Waals surface area contributed by atoms with Crippen molar-refractivity contribution in [3.05, 3.63) is 42.6 Å². The van der Waals surface area contributed by atoms with Crippen molar-refractivity contribution < 1.29 is 4.79 Å². The van der Waals surface area contributed by atoms with Crippen LogP contribution in [-0.2, 0) is 0 Å². The summed E-state index contributed by atoms with van der Waals surface area (Å²) in [6.07, 6.45) is 9.32. The first-order valence-corrected chi connectivity index (χ1v) is 6.44. The van der Waals surface area contributed by atoms with Gasteiger partial charge in [-0.05, 0) is 30.9 Å². The zero-order chi connectivity index (χ0) is 13.2. The van der Waals surface area contributed by atoms with E-state index in [0.717, 1.165) is 12.4 Å². The fraction of sp³-hybridized carbons (Fsp3) is 0.357. The van der Waals surface area contributed by atoms with E-state index in [-0.39, 0.29) is 5.91 Å². The molecule has 0 aromatic carbocycles.